The Labute approximate surface area is 166 Å². The van der Waals surface area contributed by atoms with E-state index in [1.165, 1.54) is 0 Å². The van der Waals surface area contributed by atoms with Crippen LogP contribution in [0.25, 0.3) is 10.8 Å². The van der Waals surface area contributed by atoms with Crippen molar-refractivity contribution < 1.29 is 14.3 Å². The summed E-state index contributed by atoms with van der Waals surface area (Å²) in [6.07, 6.45) is 1.74. The van der Waals surface area contributed by atoms with Gasteiger partial charge in [0.1, 0.15) is 5.75 Å². The van der Waals surface area contributed by atoms with Crippen molar-refractivity contribution in [2.75, 3.05) is 20.2 Å². The van der Waals surface area contributed by atoms with Crippen LogP contribution >= 0.6 is 0 Å². The minimum atomic E-state index is -0.457. The number of benzene rings is 2. The molecule has 3 N–H and O–H groups in total. The molecule has 2 aromatic carbocycles. The maximum Gasteiger partial charge on any atom is 0.251 e. The number of carbonyl (C=O) groups is 2. The molecular weight excluding hydrogens is 354 g/mol. The summed E-state index contributed by atoms with van der Waals surface area (Å²) in [5.74, 6) is 1.08. The van der Waals surface area contributed by atoms with Crippen LogP contribution in [0, 0.1) is 5.92 Å². The van der Waals surface area contributed by atoms with E-state index in [9.17, 15) is 9.59 Å². The van der Waals surface area contributed by atoms with Gasteiger partial charge in [-0.3, -0.25) is 9.59 Å². The van der Waals surface area contributed by atoms with Crippen LogP contribution in [0.15, 0.2) is 36.4 Å². The fourth-order valence-electron chi connectivity index (χ4n) is 3.81. The van der Waals surface area contributed by atoms with E-state index in [1.807, 2.05) is 48.2 Å². The van der Waals surface area contributed by atoms with E-state index >= 15 is 0 Å². The van der Waals surface area contributed by atoms with E-state index in [0.717, 1.165) is 29.4 Å². The second kappa shape index (κ2) is 8.61. The van der Waals surface area contributed by atoms with Gasteiger partial charge in [0, 0.05) is 24.7 Å². The molecule has 150 valence electrons. The molecule has 0 radical (unpaired) electrons. The fourth-order valence-corrected chi connectivity index (χ4v) is 3.81. The van der Waals surface area contributed by atoms with Crippen LogP contribution in [-0.2, 0) is 4.79 Å². The molecule has 1 aliphatic rings. The van der Waals surface area contributed by atoms with Crippen LogP contribution in [-0.4, -0.2) is 49.0 Å². The highest BCUT2D eigenvalue weighted by molar-refractivity contribution is 5.99. The molecule has 28 heavy (non-hydrogen) atoms. The Morgan fingerprint density at radius 2 is 1.75 bits per heavy atom. The summed E-state index contributed by atoms with van der Waals surface area (Å²) in [4.78, 5) is 26.5. The molecule has 0 aliphatic carbocycles. The Bertz CT molecular complexity index is 857. The predicted octanol–water partition coefficient (Wildman–Crippen LogP) is 2.55. The molecule has 3 rings (SSSR count). The van der Waals surface area contributed by atoms with Crippen molar-refractivity contribution in [1.82, 2.24) is 10.2 Å². The summed E-state index contributed by atoms with van der Waals surface area (Å²) in [7, 11) is 1.64. The lowest BCUT2D eigenvalue weighted by Gasteiger charge is -2.35. The quantitative estimate of drug-likeness (QED) is 0.831. The number of carbonyl (C=O) groups excluding carboxylic acids is 2. The van der Waals surface area contributed by atoms with Crippen LogP contribution in [0.3, 0.4) is 0 Å². The molecule has 6 heteroatoms. The lowest BCUT2D eigenvalue weighted by Crippen LogP contribution is -2.49. The number of amides is 2. The second-order valence-electron chi connectivity index (χ2n) is 7.64. The molecule has 2 amide bonds. The summed E-state index contributed by atoms with van der Waals surface area (Å²) in [6, 6.07) is 11.1. The number of nitrogens with two attached hydrogens (primary N) is 1. The number of fused-ring (bicyclic) bond motifs is 1. The zero-order chi connectivity index (χ0) is 20.3. The number of nitrogens with one attached hydrogen (secondary N) is 1. The van der Waals surface area contributed by atoms with Gasteiger partial charge in [-0.1, -0.05) is 12.1 Å². The first-order valence-corrected chi connectivity index (χ1v) is 9.82. The molecule has 0 spiro atoms. The first-order chi connectivity index (χ1) is 13.4. The Balaban J connectivity index is 1.60. The van der Waals surface area contributed by atoms with Crippen molar-refractivity contribution in [3.05, 3.63) is 42.0 Å². The Hall–Kier alpha value is -2.60. The summed E-state index contributed by atoms with van der Waals surface area (Å²) in [5, 5.41) is 5.17. The number of hydrogen-bond donors (Lipinski definition) is 2. The predicted molar refractivity (Wildman–Crippen MR) is 110 cm³/mol. The number of rotatable bonds is 5. The number of nitrogens with zero attached hydrogens (tertiary/aromatic N) is 1. The van der Waals surface area contributed by atoms with Crippen LogP contribution in [0.4, 0.5) is 0 Å². The molecule has 1 heterocycles. The van der Waals surface area contributed by atoms with Gasteiger partial charge in [-0.15, -0.1) is 0 Å². The number of piperidine rings is 1. The van der Waals surface area contributed by atoms with Crippen LogP contribution in [0.5, 0.6) is 5.75 Å². The summed E-state index contributed by atoms with van der Waals surface area (Å²) < 4.78 is 5.24. The zero-order valence-corrected chi connectivity index (χ0v) is 16.8. The molecule has 1 unspecified atom stereocenters. The molecule has 1 aliphatic heterocycles. The third-order valence-electron chi connectivity index (χ3n) is 5.62. The molecule has 0 saturated carbocycles. The average molecular weight is 383 g/mol. The van der Waals surface area contributed by atoms with Crippen molar-refractivity contribution in [1.29, 1.82) is 0 Å². The van der Waals surface area contributed by atoms with E-state index in [1.54, 1.807) is 14.0 Å². The Morgan fingerprint density at radius 1 is 1.11 bits per heavy atom. The molecule has 1 saturated heterocycles. The van der Waals surface area contributed by atoms with Crippen molar-refractivity contribution in [2.45, 2.75) is 38.8 Å². The van der Waals surface area contributed by atoms with E-state index in [2.05, 4.69) is 5.32 Å². The maximum absolute atomic E-state index is 12.7. The molecule has 0 bridgehead atoms. The minimum Gasteiger partial charge on any atom is -0.497 e. The van der Waals surface area contributed by atoms with Gasteiger partial charge >= 0.3 is 0 Å². The third-order valence-corrected chi connectivity index (χ3v) is 5.62. The van der Waals surface area contributed by atoms with Gasteiger partial charge in [0.25, 0.3) is 5.91 Å². The van der Waals surface area contributed by atoms with E-state index in [4.69, 9.17) is 10.5 Å². The first kappa shape index (κ1) is 20.1. The number of hydrogen-bond acceptors (Lipinski definition) is 4. The van der Waals surface area contributed by atoms with Gasteiger partial charge in [0.05, 0.1) is 13.2 Å². The number of methoxy groups -OCH3 is 1. The monoisotopic (exact) mass is 383 g/mol. The zero-order valence-electron chi connectivity index (χ0n) is 16.8. The van der Waals surface area contributed by atoms with Gasteiger partial charge in [0.15, 0.2) is 0 Å². The highest BCUT2D eigenvalue weighted by atomic mass is 16.5. The smallest absolute Gasteiger partial charge is 0.251 e. The van der Waals surface area contributed by atoms with Crippen LogP contribution in [0.1, 0.15) is 37.0 Å². The molecule has 1 fully saturated rings. The lowest BCUT2D eigenvalue weighted by molar-refractivity contribution is -0.133. The standard InChI is InChI=1S/C22H29N3O3/c1-14(23)22(27)25-10-8-16(9-11-25)15(2)24-21(26)19-5-4-18-13-20(28-3)7-6-17(18)12-19/h4-7,12-16H,8-11,23H2,1-3H3,(H,24,26)/t14-,15?/m0/s1. The van der Waals surface area contributed by atoms with Crippen molar-refractivity contribution >= 4 is 22.6 Å². The van der Waals surface area contributed by atoms with Gasteiger partial charge in [-0.25, -0.2) is 0 Å². The molecule has 2 aromatic rings. The van der Waals surface area contributed by atoms with E-state index < -0.39 is 6.04 Å². The minimum absolute atomic E-state index is 0.00272. The van der Waals surface area contributed by atoms with Crippen LogP contribution < -0.4 is 15.8 Å². The third kappa shape index (κ3) is 4.44. The highest BCUT2D eigenvalue weighted by Gasteiger charge is 2.28. The largest absolute Gasteiger partial charge is 0.497 e. The first-order valence-electron chi connectivity index (χ1n) is 9.82. The van der Waals surface area contributed by atoms with Crippen molar-refractivity contribution in [3.63, 3.8) is 0 Å². The Morgan fingerprint density at radius 3 is 2.39 bits per heavy atom. The van der Waals surface area contributed by atoms with Crippen LogP contribution in [0.2, 0.25) is 0 Å². The maximum atomic E-state index is 12.7. The molecule has 0 aromatic heterocycles. The summed E-state index contributed by atoms with van der Waals surface area (Å²) >= 11 is 0. The average Bonchev–Trinajstić information content (AvgIpc) is 2.72. The number of likely N-dealkylation sites (tertiary alicyclic amines) is 1. The summed E-state index contributed by atoms with van der Waals surface area (Å²) in [5.41, 5.74) is 6.34. The van der Waals surface area contributed by atoms with Gasteiger partial charge < -0.3 is 20.7 Å². The van der Waals surface area contributed by atoms with Gasteiger partial charge in [-0.2, -0.15) is 0 Å². The van der Waals surface area contributed by atoms with Gasteiger partial charge in [-0.05, 0) is 67.6 Å². The topological polar surface area (TPSA) is 84.7 Å². The normalized spacial score (nSPS) is 17.2. The van der Waals surface area contributed by atoms with E-state index in [-0.39, 0.29) is 17.9 Å². The fraction of sp³-hybridized carbons (Fsp3) is 0.455. The molecule has 2 atom stereocenters. The SMILES string of the molecule is COc1ccc2cc(C(=O)NC(C)C3CCN(C(=O)[C@H](C)N)CC3)ccc2c1. The molecule has 6 nitrogen and oxygen atoms in total. The van der Waals surface area contributed by atoms with Crippen molar-refractivity contribution in [2.24, 2.45) is 11.7 Å². The summed E-state index contributed by atoms with van der Waals surface area (Å²) in [6.45, 7) is 5.15. The number of ether oxygens (including phenoxy) is 1. The highest BCUT2D eigenvalue weighted by Crippen LogP contribution is 2.23. The van der Waals surface area contributed by atoms with Gasteiger partial charge in [0.2, 0.25) is 5.91 Å². The van der Waals surface area contributed by atoms with Crippen molar-refractivity contribution in [3.8, 4) is 5.75 Å². The lowest BCUT2D eigenvalue weighted by atomic mass is 9.90. The van der Waals surface area contributed by atoms with E-state index in [0.29, 0.717) is 24.6 Å². The molecular formula is C22H29N3O3. The second-order valence-corrected chi connectivity index (χ2v) is 7.64. The Kier molecular flexibility index (Phi) is 6.19.